The SMILES string of the molecule is N#Cc1ccc(O[C@H]2CC[C@H](NC(=O)c3ccc(N4CCN(CC(=O)O)CC4)nn3)CC2)cc1Cl. The number of hydrogen-bond acceptors (Lipinski definition) is 8. The Hall–Kier alpha value is -3.42. The van der Waals surface area contributed by atoms with Crippen molar-refractivity contribution in [2.75, 3.05) is 37.6 Å². The van der Waals surface area contributed by atoms with Gasteiger partial charge < -0.3 is 20.1 Å². The van der Waals surface area contributed by atoms with Gasteiger partial charge >= 0.3 is 5.97 Å². The zero-order valence-electron chi connectivity index (χ0n) is 19.2. The largest absolute Gasteiger partial charge is 0.490 e. The standard InChI is InChI=1S/C24H27ClN6O4/c25-20-13-19(4-1-16(20)14-26)35-18-5-2-17(3-6-18)27-24(34)21-7-8-22(29-28-21)31-11-9-30(10-12-31)15-23(32)33/h1,4,7-8,13,17-18H,2-3,5-6,9-12,15H2,(H,27,34)(H,32,33)/t17-,18-. The third-order valence-corrected chi connectivity index (χ3v) is 6.62. The Kier molecular flexibility index (Phi) is 8.00. The van der Waals surface area contributed by atoms with Crippen molar-refractivity contribution in [2.24, 2.45) is 0 Å². The Bertz CT molecular complexity index is 1090. The highest BCUT2D eigenvalue weighted by molar-refractivity contribution is 6.31. The third-order valence-electron chi connectivity index (χ3n) is 6.31. The lowest BCUT2D eigenvalue weighted by molar-refractivity contribution is -0.138. The van der Waals surface area contributed by atoms with Gasteiger partial charge in [-0.1, -0.05) is 11.6 Å². The van der Waals surface area contributed by atoms with Crippen LogP contribution in [0, 0.1) is 11.3 Å². The maximum absolute atomic E-state index is 12.7. The zero-order chi connectivity index (χ0) is 24.8. The first-order valence-electron chi connectivity index (χ1n) is 11.6. The fraction of sp³-hybridized carbons (Fsp3) is 0.458. The highest BCUT2D eigenvalue weighted by atomic mass is 35.5. The molecule has 35 heavy (non-hydrogen) atoms. The Labute approximate surface area is 208 Å². The number of ether oxygens (including phenoxy) is 1. The van der Waals surface area contributed by atoms with Gasteiger partial charge in [-0.2, -0.15) is 5.26 Å². The Balaban J connectivity index is 1.22. The van der Waals surface area contributed by atoms with Crippen molar-refractivity contribution in [2.45, 2.75) is 37.8 Å². The van der Waals surface area contributed by atoms with Gasteiger partial charge in [-0.15, -0.1) is 10.2 Å². The van der Waals surface area contributed by atoms with Crippen LogP contribution in [0.1, 0.15) is 41.7 Å². The first-order valence-corrected chi connectivity index (χ1v) is 12.0. The van der Waals surface area contributed by atoms with Crippen molar-refractivity contribution in [3.63, 3.8) is 0 Å². The van der Waals surface area contributed by atoms with E-state index in [4.69, 9.17) is 26.7 Å². The van der Waals surface area contributed by atoms with E-state index in [9.17, 15) is 9.59 Å². The van der Waals surface area contributed by atoms with Gasteiger partial charge in [0.25, 0.3) is 5.91 Å². The molecule has 1 aromatic heterocycles. The van der Waals surface area contributed by atoms with Gasteiger partial charge in [0.05, 0.1) is 23.2 Å². The summed E-state index contributed by atoms with van der Waals surface area (Å²) in [5, 5.41) is 29.6. The number of aromatic nitrogens is 2. The van der Waals surface area contributed by atoms with Gasteiger partial charge in [0.15, 0.2) is 11.5 Å². The molecule has 0 bridgehead atoms. The summed E-state index contributed by atoms with van der Waals surface area (Å²) in [6, 6.07) is 10.6. The molecule has 1 saturated carbocycles. The average Bonchev–Trinajstić information content (AvgIpc) is 2.85. The summed E-state index contributed by atoms with van der Waals surface area (Å²) < 4.78 is 6.00. The molecule has 1 saturated heterocycles. The van der Waals surface area contributed by atoms with E-state index in [1.165, 1.54) is 0 Å². The van der Waals surface area contributed by atoms with Crippen molar-refractivity contribution >= 4 is 29.3 Å². The predicted octanol–water partition coefficient (Wildman–Crippen LogP) is 2.33. The number of carbonyl (C=O) groups excluding carboxylic acids is 1. The Morgan fingerprint density at radius 3 is 2.46 bits per heavy atom. The number of benzene rings is 1. The van der Waals surface area contributed by atoms with E-state index < -0.39 is 5.97 Å². The van der Waals surface area contributed by atoms with Gasteiger partial charge in [-0.25, -0.2) is 0 Å². The molecule has 0 unspecified atom stereocenters. The molecule has 2 aliphatic rings. The molecule has 1 aliphatic heterocycles. The van der Waals surface area contributed by atoms with Crippen LogP contribution in [-0.4, -0.2) is 76.9 Å². The highest BCUT2D eigenvalue weighted by Crippen LogP contribution is 2.27. The molecule has 4 rings (SSSR count). The number of amides is 1. The fourth-order valence-electron chi connectivity index (χ4n) is 4.38. The molecular formula is C24H27ClN6O4. The maximum atomic E-state index is 12.7. The number of nitrogens with one attached hydrogen (secondary N) is 1. The highest BCUT2D eigenvalue weighted by Gasteiger charge is 2.25. The van der Waals surface area contributed by atoms with Crippen molar-refractivity contribution in [1.29, 1.82) is 5.26 Å². The summed E-state index contributed by atoms with van der Waals surface area (Å²) in [5.41, 5.74) is 0.684. The van der Waals surface area contributed by atoms with Crippen LogP contribution in [0.25, 0.3) is 0 Å². The molecule has 1 amide bonds. The molecule has 2 N–H and O–H groups in total. The summed E-state index contributed by atoms with van der Waals surface area (Å²) in [6.45, 7) is 2.64. The maximum Gasteiger partial charge on any atom is 0.317 e. The van der Waals surface area contributed by atoms with Crippen LogP contribution < -0.4 is 15.0 Å². The minimum Gasteiger partial charge on any atom is -0.490 e. The second-order valence-electron chi connectivity index (χ2n) is 8.75. The third kappa shape index (κ3) is 6.59. The molecule has 2 fully saturated rings. The second kappa shape index (κ2) is 11.3. The normalized spacial score (nSPS) is 20.6. The Morgan fingerprint density at radius 1 is 1.11 bits per heavy atom. The van der Waals surface area contributed by atoms with Crippen LogP contribution in [0.15, 0.2) is 30.3 Å². The number of piperazine rings is 1. The van der Waals surface area contributed by atoms with E-state index in [1.54, 1.807) is 30.3 Å². The van der Waals surface area contributed by atoms with E-state index >= 15 is 0 Å². The number of nitrogens with zero attached hydrogens (tertiary/aromatic N) is 5. The number of hydrogen-bond donors (Lipinski definition) is 2. The molecule has 1 aliphatic carbocycles. The molecule has 11 heteroatoms. The number of nitriles is 1. The van der Waals surface area contributed by atoms with Gasteiger partial charge in [0, 0.05) is 38.3 Å². The number of rotatable bonds is 7. The number of aliphatic carboxylic acids is 1. The topological polar surface area (TPSA) is 132 Å². The van der Waals surface area contributed by atoms with Crippen LogP contribution in [-0.2, 0) is 4.79 Å². The first-order chi connectivity index (χ1) is 16.9. The molecule has 0 radical (unpaired) electrons. The van der Waals surface area contributed by atoms with Crippen molar-refractivity contribution in [3.8, 4) is 11.8 Å². The molecule has 2 heterocycles. The number of carboxylic acid groups (broad SMARTS) is 1. The van der Waals surface area contributed by atoms with E-state index in [2.05, 4.69) is 15.5 Å². The minimum atomic E-state index is -0.828. The summed E-state index contributed by atoms with van der Waals surface area (Å²) >= 11 is 6.08. The van der Waals surface area contributed by atoms with Gasteiger partial charge in [-0.05, 0) is 49.9 Å². The van der Waals surface area contributed by atoms with E-state index in [0.29, 0.717) is 48.3 Å². The van der Waals surface area contributed by atoms with E-state index in [-0.39, 0.29) is 30.3 Å². The lowest BCUT2D eigenvalue weighted by Crippen LogP contribution is -2.48. The average molecular weight is 499 g/mol. The Morgan fingerprint density at radius 2 is 1.86 bits per heavy atom. The smallest absolute Gasteiger partial charge is 0.317 e. The van der Waals surface area contributed by atoms with Crippen molar-refractivity contribution in [3.05, 3.63) is 46.6 Å². The molecule has 2 aromatic rings. The minimum absolute atomic E-state index is 0.0298. The quantitative estimate of drug-likeness (QED) is 0.590. The summed E-state index contributed by atoms with van der Waals surface area (Å²) in [4.78, 5) is 27.4. The molecule has 0 atom stereocenters. The molecule has 0 spiro atoms. The lowest BCUT2D eigenvalue weighted by atomic mass is 9.93. The molecule has 10 nitrogen and oxygen atoms in total. The molecule has 1 aromatic carbocycles. The van der Waals surface area contributed by atoms with Crippen LogP contribution in [0.4, 0.5) is 5.82 Å². The van der Waals surface area contributed by atoms with Crippen LogP contribution in [0.5, 0.6) is 5.75 Å². The van der Waals surface area contributed by atoms with Crippen LogP contribution in [0.3, 0.4) is 0 Å². The lowest BCUT2D eigenvalue weighted by Gasteiger charge is -2.34. The van der Waals surface area contributed by atoms with Gasteiger partial charge in [0.1, 0.15) is 11.8 Å². The number of carbonyl (C=O) groups is 2. The fourth-order valence-corrected chi connectivity index (χ4v) is 4.59. The van der Waals surface area contributed by atoms with E-state index in [1.807, 2.05) is 15.9 Å². The number of anilines is 1. The van der Waals surface area contributed by atoms with Crippen molar-refractivity contribution in [1.82, 2.24) is 20.4 Å². The summed E-state index contributed by atoms with van der Waals surface area (Å²) in [6.07, 6.45) is 3.18. The first kappa shape index (κ1) is 24.7. The molecule has 184 valence electrons. The van der Waals surface area contributed by atoms with Crippen LogP contribution in [0.2, 0.25) is 5.02 Å². The van der Waals surface area contributed by atoms with Crippen LogP contribution >= 0.6 is 11.6 Å². The predicted molar refractivity (Wildman–Crippen MR) is 129 cm³/mol. The monoisotopic (exact) mass is 498 g/mol. The van der Waals surface area contributed by atoms with Gasteiger partial charge in [-0.3, -0.25) is 14.5 Å². The number of carboxylic acids is 1. The van der Waals surface area contributed by atoms with E-state index in [0.717, 1.165) is 25.7 Å². The second-order valence-corrected chi connectivity index (χ2v) is 9.16. The summed E-state index contributed by atoms with van der Waals surface area (Å²) in [5.74, 6) is 0.238. The van der Waals surface area contributed by atoms with Crippen molar-refractivity contribution < 1.29 is 19.4 Å². The summed E-state index contributed by atoms with van der Waals surface area (Å²) in [7, 11) is 0. The van der Waals surface area contributed by atoms with Gasteiger partial charge in [0.2, 0.25) is 0 Å². The zero-order valence-corrected chi connectivity index (χ0v) is 19.9. The number of halogens is 1. The molecular weight excluding hydrogens is 472 g/mol.